The van der Waals surface area contributed by atoms with Crippen LogP contribution in [-0.4, -0.2) is 63.3 Å². The maximum Gasteiger partial charge on any atom is 0.320 e. The van der Waals surface area contributed by atoms with E-state index in [1.807, 2.05) is 49.4 Å². The monoisotopic (exact) mass is 372 g/mol. The molecule has 0 saturated carbocycles. The fourth-order valence-electron chi connectivity index (χ4n) is 3.02. The largest absolute Gasteiger partial charge is 0.465 e. The highest BCUT2D eigenvalue weighted by molar-refractivity contribution is 6.04. The van der Waals surface area contributed by atoms with Crippen molar-refractivity contribution in [3.63, 3.8) is 0 Å². The van der Waals surface area contributed by atoms with Crippen LogP contribution >= 0.6 is 0 Å². The first-order valence-electron chi connectivity index (χ1n) is 9.25. The molecule has 0 heterocycles. The lowest BCUT2D eigenvalue weighted by atomic mass is 10.1. The van der Waals surface area contributed by atoms with Gasteiger partial charge in [0.25, 0.3) is 0 Å². The molecule has 6 nitrogen and oxygen atoms in total. The van der Waals surface area contributed by atoms with E-state index in [0.717, 1.165) is 16.5 Å². The van der Waals surface area contributed by atoms with Gasteiger partial charge in [0, 0.05) is 25.6 Å². The molecule has 0 radical (unpaired) electrons. The second-order valence-corrected chi connectivity index (χ2v) is 6.14. The summed E-state index contributed by atoms with van der Waals surface area (Å²) in [6.45, 7) is 5.69. The van der Waals surface area contributed by atoms with Crippen LogP contribution in [0, 0.1) is 0 Å². The summed E-state index contributed by atoms with van der Waals surface area (Å²) in [5.41, 5.74) is 0.878. The fourth-order valence-corrected chi connectivity index (χ4v) is 3.02. The number of hydrogen-bond donors (Lipinski definition) is 0. The highest BCUT2D eigenvalue weighted by Crippen LogP contribution is 2.26. The van der Waals surface area contributed by atoms with E-state index in [4.69, 9.17) is 9.47 Å². The van der Waals surface area contributed by atoms with Crippen molar-refractivity contribution in [2.45, 2.75) is 13.8 Å². The highest BCUT2D eigenvalue weighted by atomic mass is 16.5. The van der Waals surface area contributed by atoms with Crippen molar-refractivity contribution < 1.29 is 19.1 Å². The number of methoxy groups -OCH3 is 1. The number of fused-ring (bicyclic) bond motifs is 1. The van der Waals surface area contributed by atoms with Crippen molar-refractivity contribution in [3.8, 4) is 0 Å². The summed E-state index contributed by atoms with van der Waals surface area (Å²) >= 11 is 0. The zero-order chi connectivity index (χ0) is 19.6. The smallest absolute Gasteiger partial charge is 0.320 e. The minimum absolute atomic E-state index is 0.0609. The summed E-state index contributed by atoms with van der Waals surface area (Å²) in [4.78, 5) is 28.4. The Bertz CT molecular complexity index is 757. The van der Waals surface area contributed by atoms with E-state index in [9.17, 15) is 9.59 Å². The van der Waals surface area contributed by atoms with Crippen molar-refractivity contribution in [1.82, 2.24) is 4.90 Å². The third kappa shape index (κ3) is 5.77. The van der Waals surface area contributed by atoms with Gasteiger partial charge in [-0.2, -0.15) is 0 Å². The van der Waals surface area contributed by atoms with Crippen molar-refractivity contribution in [1.29, 1.82) is 0 Å². The normalized spacial score (nSPS) is 11.0. The number of likely N-dealkylation sites (N-methyl/N-ethyl adjacent to an activating group) is 1. The number of carbonyl (C=O) groups excluding carboxylic acids is 2. The van der Waals surface area contributed by atoms with E-state index in [2.05, 4.69) is 0 Å². The molecule has 0 unspecified atom stereocenters. The summed E-state index contributed by atoms with van der Waals surface area (Å²) in [6, 6.07) is 13.9. The Labute approximate surface area is 160 Å². The summed E-state index contributed by atoms with van der Waals surface area (Å²) in [5, 5.41) is 2.12. The zero-order valence-corrected chi connectivity index (χ0v) is 16.3. The molecule has 27 heavy (non-hydrogen) atoms. The van der Waals surface area contributed by atoms with Crippen molar-refractivity contribution in [3.05, 3.63) is 42.5 Å². The van der Waals surface area contributed by atoms with Crippen LogP contribution in [0.25, 0.3) is 10.8 Å². The molecule has 0 fully saturated rings. The molecule has 0 spiro atoms. The predicted octanol–water partition coefficient (Wildman–Crippen LogP) is 2.70. The van der Waals surface area contributed by atoms with Crippen LogP contribution in [0.1, 0.15) is 13.8 Å². The van der Waals surface area contributed by atoms with Gasteiger partial charge in [0.15, 0.2) is 0 Å². The lowest BCUT2D eigenvalue weighted by Crippen LogP contribution is -2.43. The molecule has 0 N–H and O–H groups in total. The third-order valence-corrected chi connectivity index (χ3v) is 4.30. The van der Waals surface area contributed by atoms with Crippen LogP contribution in [0.5, 0.6) is 0 Å². The minimum Gasteiger partial charge on any atom is -0.465 e. The quantitative estimate of drug-likeness (QED) is 0.600. The van der Waals surface area contributed by atoms with Crippen LogP contribution in [0.3, 0.4) is 0 Å². The van der Waals surface area contributed by atoms with Crippen LogP contribution in [0.4, 0.5) is 5.69 Å². The number of ether oxygens (including phenoxy) is 2. The first kappa shape index (κ1) is 20.9. The second-order valence-electron chi connectivity index (χ2n) is 6.14. The molecule has 1 amide bonds. The second kappa shape index (κ2) is 10.6. The van der Waals surface area contributed by atoms with Crippen molar-refractivity contribution >= 4 is 28.3 Å². The number of rotatable bonds is 10. The zero-order valence-electron chi connectivity index (χ0n) is 16.3. The van der Waals surface area contributed by atoms with Crippen LogP contribution in [0.2, 0.25) is 0 Å². The number of hydrogen-bond acceptors (Lipinski definition) is 5. The molecule has 2 aromatic rings. The number of amides is 1. The first-order chi connectivity index (χ1) is 13.1. The average Bonchev–Trinajstić information content (AvgIpc) is 2.67. The third-order valence-electron chi connectivity index (χ3n) is 4.30. The number of carbonyl (C=O) groups is 2. The van der Waals surface area contributed by atoms with Gasteiger partial charge < -0.3 is 14.4 Å². The van der Waals surface area contributed by atoms with E-state index in [-0.39, 0.29) is 25.0 Å². The summed E-state index contributed by atoms with van der Waals surface area (Å²) in [6.07, 6.45) is 0. The molecule has 0 aliphatic heterocycles. The molecule has 0 saturated heterocycles. The van der Waals surface area contributed by atoms with Gasteiger partial charge in [-0.25, -0.2) is 0 Å². The molecule has 0 bridgehead atoms. The maximum absolute atomic E-state index is 13.0. The summed E-state index contributed by atoms with van der Waals surface area (Å²) in [7, 11) is 1.60. The van der Waals surface area contributed by atoms with Gasteiger partial charge >= 0.3 is 5.97 Å². The number of benzene rings is 2. The van der Waals surface area contributed by atoms with Crippen LogP contribution in [-0.2, 0) is 19.1 Å². The molecule has 0 aromatic heterocycles. The molecular weight excluding hydrogens is 344 g/mol. The Balaban J connectivity index is 2.19. The molecule has 2 aromatic carbocycles. The van der Waals surface area contributed by atoms with Gasteiger partial charge in [0.1, 0.15) is 0 Å². The van der Waals surface area contributed by atoms with E-state index >= 15 is 0 Å². The van der Waals surface area contributed by atoms with E-state index in [1.165, 1.54) is 0 Å². The van der Waals surface area contributed by atoms with Gasteiger partial charge in [-0.05, 0) is 25.3 Å². The minimum atomic E-state index is -0.338. The fraction of sp³-hybridized carbons (Fsp3) is 0.429. The number of nitrogens with zero attached hydrogens (tertiary/aromatic N) is 2. The Kier molecular flexibility index (Phi) is 8.23. The molecule has 0 aliphatic carbocycles. The molecule has 2 rings (SSSR count). The number of anilines is 1. The Morgan fingerprint density at radius 2 is 1.74 bits per heavy atom. The molecule has 6 heteroatoms. The van der Waals surface area contributed by atoms with Gasteiger partial charge in [0.2, 0.25) is 5.91 Å². The van der Waals surface area contributed by atoms with Gasteiger partial charge in [-0.1, -0.05) is 36.4 Å². The topological polar surface area (TPSA) is 59.1 Å². The Morgan fingerprint density at radius 1 is 1.00 bits per heavy atom. The lowest BCUT2D eigenvalue weighted by Gasteiger charge is -2.27. The standard InChI is InChI=1S/C21H28N2O4/c1-4-23(19-12-8-10-17-9-6-7-11-18(17)19)20(24)15-22(13-14-26-3)16-21(25)27-5-2/h6-12H,4-5,13-16H2,1-3H3. The van der Waals surface area contributed by atoms with Crippen LogP contribution in [0.15, 0.2) is 42.5 Å². The first-order valence-corrected chi connectivity index (χ1v) is 9.25. The Morgan fingerprint density at radius 3 is 2.44 bits per heavy atom. The van der Waals surface area contributed by atoms with E-state index in [0.29, 0.717) is 26.3 Å². The lowest BCUT2D eigenvalue weighted by molar-refractivity contribution is -0.144. The molecular formula is C21H28N2O4. The summed E-state index contributed by atoms with van der Waals surface area (Å²) < 4.78 is 10.1. The van der Waals surface area contributed by atoms with Gasteiger partial charge in [0.05, 0.1) is 32.0 Å². The SMILES string of the molecule is CCOC(=O)CN(CCOC)CC(=O)N(CC)c1cccc2ccccc12. The van der Waals surface area contributed by atoms with Crippen molar-refractivity contribution in [2.75, 3.05) is 51.4 Å². The molecule has 0 atom stereocenters. The van der Waals surface area contributed by atoms with Crippen LogP contribution < -0.4 is 4.90 Å². The maximum atomic E-state index is 13.0. The van der Waals surface area contributed by atoms with Crippen molar-refractivity contribution in [2.24, 2.45) is 0 Å². The molecule has 0 aliphatic rings. The van der Waals surface area contributed by atoms with Gasteiger partial charge in [-0.15, -0.1) is 0 Å². The van der Waals surface area contributed by atoms with E-state index in [1.54, 1.807) is 23.8 Å². The highest BCUT2D eigenvalue weighted by Gasteiger charge is 2.21. The number of esters is 1. The summed E-state index contributed by atoms with van der Waals surface area (Å²) in [5.74, 6) is -0.399. The van der Waals surface area contributed by atoms with Gasteiger partial charge in [-0.3, -0.25) is 14.5 Å². The molecule has 146 valence electrons. The average molecular weight is 372 g/mol. The Hall–Kier alpha value is -2.44. The predicted molar refractivity (Wildman–Crippen MR) is 107 cm³/mol. The van der Waals surface area contributed by atoms with E-state index < -0.39 is 0 Å².